The van der Waals surface area contributed by atoms with Gasteiger partial charge in [0.25, 0.3) is 0 Å². The molecule has 1 aliphatic heterocycles. The average Bonchev–Trinajstić information content (AvgIpc) is 3.12. The lowest BCUT2D eigenvalue weighted by Gasteiger charge is -2.32. The largest absolute Gasteiger partial charge is 0.497 e. The van der Waals surface area contributed by atoms with Gasteiger partial charge in [-0.25, -0.2) is 4.98 Å². The van der Waals surface area contributed by atoms with Crippen LogP contribution in [0.4, 0.5) is 5.69 Å². The van der Waals surface area contributed by atoms with E-state index in [1.807, 2.05) is 30.5 Å². The van der Waals surface area contributed by atoms with Crippen LogP contribution in [0.25, 0.3) is 0 Å². The molecule has 6 nitrogen and oxygen atoms in total. The molecule has 1 saturated heterocycles. The predicted octanol–water partition coefficient (Wildman–Crippen LogP) is 3.37. The van der Waals surface area contributed by atoms with E-state index in [0.29, 0.717) is 18.4 Å². The van der Waals surface area contributed by atoms with Crippen LogP contribution in [0.1, 0.15) is 38.4 Å². The Bertz CT molecular complexity index is 731. The van der Waals surface area contributed by atoms with E-state index in [2.05, 4.69) is 39.8 Å². The van der Waals surface area contributed by atoms with Gasteiger partial charge in [0.1, 0.15) is 11.6 Å². The number of hydrogen-bond acceptors (Lipinski definition) is 4. The lowest BCUT2D eigenvalue weighted by Crippen LogP contribution is -2.40. The number of methoxy groups -OCH3 is 1. The molecule has 2 aromatic rings. The molecule has 6 heteroatoms. The molecule has 0 atom stereocenters. The van der Waals surface area contributed by atoms with Crippen LogP contribution in [-0.2, 0) is 11.3 Å². The van der Waals surface area contributed by atoms with Gasteiger partial charge in [0.05, 0.1) is 13.7 Å². The molecule has 0 saturated carbocycles. The molecule has 1 aromatic heterocycles. The average molecular weight is 370 g/mol. The maximum atomic E-state index is 12.3. The molecule has 0 unspecified atom stereocenters. The van der Waals surface area contributed by atoms with Crippen molar-refractivity contribution in [2.45, 2.75) is 39.2 Å². The summed E-state index contributed by atoms with van der Waals surface area (Å²) in [4.78, 5) is 19.0. The number of aromatic nitrogens is 2. The van der Waals surface area contributed by atoms with Gasteiger partial charge in [0.15, 0.2) is 0 Å². The van der Waals surface area contributed by atoms with Crippen molar-refractivity contribution in [2.75, 3.05) is 32.1 Å². The number of likely N-dealkylation sites (tertiary alicyclic amines) is 1. The molecule has 0 radical (unpaired) electrons. The lowest BCUT2D eigenvalue weighted by atomic mass is 9.96. The zero-order valence-corrected chi connectivity index (χ0v) is 16.5. The molecule has 3 rings (SSSR count). The molecule has 0 aliphatic carbocycles. The van der Waals surface area contributed by atoms with Crippen molar-refractivity contribution >= 4 is 11.6 Å². The van der Waals surface area contributed by atoms with E-state index in [-0.39, 0.29) is 5.91 Å². The van der Waals surface area contributed by atoms with E-state index in [4.69, 9.17) is 4.74 Å². The van der Waals surface area contributed by atoms with Crippen molar-refractivity contribution < 1.29 is 9.53 Å². The van der Waals surface area contributed by atoms with Gasteiger partial charge >= 0.3 is 0 Å². The molecule has 1 fully saturated rings. The molecule has 1 aliphatic rings. The minimum Gasteiger partial charge on any atom is -0.497 e. The van der Waals surface area contributed by atoms with Crippen LogP contribution in [-0.4, -0.2) is 47.1 Å². The van der Waals surface area contributed by atoms with Crippen molar-refractivity contribution in [1.29, 1.82) is 0 Å². The highest BCUT2D eigenvalue weighted by Crippen LogP contribution is 2.22. The van der Waals surface area contributed by atoms with E-state index in [1.165, 1.54) is 0 Å². The third kappa shape index (κ3) is 5.32. The molecule has 27 heavy (non-hydrogen) atoms. The summed E-state index contributed by atoms with van der Waals surface area (Å²) in [5, 5.41) is 2.96. The summed E-state index contributed by atoms with van der Waals surface area (Å²) in [6.45, 7) is 7.77. The molecule has 1 aromatic carbocycles. The number of ether oxygens (including phenoxy) is 1. The van der Waals surface area contributed by atoms with Crippen molar-refractivity contribution in [2.24, 2.45) is 5.92 Å². The molecule has 2 heterocycles. The Morgan fingerprint density at radius 1 is 1.26 bits per heavy atom. The number of hydrogen-bond donors (Lipinski definition) is 1. The van der Waals surface area contributed by atoms with Crippen LogP contribution in [0.3, 0.4) is 0 Å². The third-order valence-electron chi connectivity index (χ3n) is 5.17. The van der Waals surface area contributed by atoms with Gasteiger partial charge in [-0.3, -0.25) is 9.69 Å². The van der Waals surface area contributed by atoms with Crippen molar-refractivity contribution in [3.05, 3.63) is 42.5 Å². The summed E-state index contributed by atoms with van der Waals surface area (Å²) in [5.74, 6) is 3.08. The number of amides is 1. The van der Waals surface area contributed by atoms with Crippen LogP contribution in [0.5, 0.6) is 5.75 Å². The van der Waals surface area contributed by atoms with Crippen LogP contribution in [0, 0.1) is 5.92 Å². The van der Waals surface area contributed by atoms with E-state index in [0.717, 1.165) is 49.7 Å². The highest BCUT2D eigenvalue weighted by atomic mass is 16.5. The first-order valence-electron chi connectivity index (χ1n) is 9.72. The van der Waals surface area contributed by atoms with Crippen molar-refractivity contribution in [3.63, 3.8) is 0 Å². The Balaban J connectivity index is 1.43. The van der Waals surface area contributed by atoms with Gasteiger partial charge in [-0.1, -0.05) is 13.8 Å². The summed E-state index contributed by atoms with van der Waals surface area (Å²) in [5.41, 5.74) is 0.803. The first-order valence-corrected chi connectivity index (χ1v) is 9.72. The number of nitrogens with one attached hydrogen (secondary N) is 1. The quantitative estimate of drug-likeness (QED) is 0.812. The molecule has 0 bridgehead atoms. The van der Waals surface area contributed by atoms with Gasteiger partial charge in [-0.05, 0) is 56.1 Å². The van der Waals surface area contributed by atoms with Gasteiger partial charge in [-0.2, -0.15) is 0 Å². The zero-order valence-electron chi connectivity index (χ0n) is 16.5. The molecule has 1 amide bonds. The minimum atomic E-state index is 0.0373. The molecular formula is C21H30N4O2. The number of carbonyl (C=O) groups excluding carboxylic acids is 1. The Morgan fingerprint density at radius 2 is 1.96 bits per heavy atom. The highest BCUT2D eigenvalue weighted by Gasteiger charge is 2.22. The van der Waals surface area contributed by atoms with Crippen LogP contribution < -0.4 is 10.1 Å². The molecular weight excluding hydrogens is 340 g/mol. The van der Waals surface area contributed by atoms with E-state index < -0.39 is 0 Å². The minimum absolute atomic E-state index is 0.0373. The maximum absolute atomic E-state index is 12.3. The number of piperidine rings is 1. The summed E-state index contributed by atoms with van der Waals surface area (Å²) >= 11 is 0. The molecule has 146 valence electrons. The predicted molar refractivity (Wildman–Crippen MR) is 107 cm³/mol. The summed E-state index contributed by atoms with van der Waals surface area (Å²) < 4.78 is 7.43. The van der Waals surface area contributed by atoms with E-state index in [1.54, 1.807) is 7.11 Å². The number of imidazole rings is 1. The second-order valence-electron chi connectivity index (χ2n) is 7.59. The zero-order chi connectivity index (χ0) is 19.2. The summed E-state index contributed by atoms with van der Waals surface area (Å²) in [6.07, 6.45) is 6.22. The van der Waals surface area contributed by atoms with Crippen LogP contribution in [0.2, 0.25) is 0 Å². The highest BCUT2D eigenvalue weighted by molar-refractivity contribution is 5.92. The Morgan fingerprint density at radius 3 is 2.59 bits per heavy atom. The van der Waals surface area contributed by atoms with Crippen molar-refractivity contribution in [1.82, 2.24) is 14.5 Å². The molecule has 1 N–H and O–H groups in total. The SMILES string of the molecule is COc1ccc(NC(=O)CN2CCC(Cn3ccnc3C(C)C)CC2)cc1. The van der Waals surface area contributed by atoms with E-state index >= 15 is 0 Å². The number of benzene rings is 1. The fourth-order valence-electron chi connectivity index (χ4n) is 3.66. The van der Waals surface area contributed by atoms with Gasteiger partial charge in [0, 0.05) is 30.5 Å². The summed E-state index contributed by atoms with van der Waals surface area (Å²) in [6, 6.07) is 7.42. The normalized spacial score (nSPS) is 15.9. The van der Waals surface area contributed by atoms with Gasteiger partial charge < -0.3 is 14.6 Å². The monoisotopic (exact) mass is 370 g/mol. The first-order chi connectivity index (χ1) is 13.0. The standard InChI is InChI=1S/C21H30N4O2/c1-16(2)21-22-10-13-25(21)14-17-8-11-24(12-9-17)15-20(26)23-18-4-6-19(27-3)7-5-18/h4-7,10,13,16-17H,8-9,11-12,14-15H2,1-3H3,(H,23,26). The topological polar surface area (TPSA) is 59.4 Å². The van der Waals surface area contributed by atoms with Crippen LogP contribution in [0.15, 0.2) is 36.7 Å². The lowest BCUT2D eigenvalue weighted by molar-refractivity contribution is -0.117. The fraction of sp³-hybridized carbons (Fsp3) is 0.524. The second-order valence-corrected chi connectivity index (χ2v) is 7.59. The molecule has 0 spiro atoms. The Labute approximate surface area is 161 Å². The second kappa shape index (κ2) is 9.04. The van der Waals surface area contributed by atoms with Gasteiger partial charge in [0.2, 0.25) is 5.91 Å². The maximum Gasteiger partial charge on any atom is 0.238 e. The van der Waals surface area contributed by atoms with Crippen molar-refractivity contribution in [3.8, 4) is 5.75 Å². The van der Waals surface area contributed by atoms with E-state index in [9.17, 15) is 4.79 Å². The smallest absolute Gasteiger partial charge is 0.238 e. The number of nitrogens with zero attached hydrogens (tertiary/aromatic N) is 3. The Hall–Kier alpha value is -2.34. The number of carbonyl (C=O) groups is 1. The summed E-state index contributed by atoms with van der Waals surface area (Å²) in [7, 11) is 1.63. The third-order valence-corrected chi connectivity index (χ3v) is 5.17. The Kier molecular flexibility index (Phi) is 6.50. The fourth-order valence-corrected chi connectivity index (χ4v) is 3.66. The first kappa shape index (κ1) is 19.4. The van der Waals surface area contributed by atoms with Gasteiger partial charge in [-0.15, -0.1) is 0 Å². The number of anilines is 1. The van der Waals surface area contributed by atoms with Crippen LogP contribution >= 0.6 is 0 Å². The number of rotatable bonds is 7.